The second kappa shape index (κ2) is 5.76. The number of pyridine rings is 1. The van der Waals surface area contributed by atoms with Crippen LogP contribution in [0.15, 0.2) is 18.3 Å². The Morgan fingerprint density at radius 3 is 2.75 bits per heavy atom. The maximum absolute atomic E-state index is 10.6. The van der Waals surface area contributed by atoms with Crippen LogP contribution in [-0.4, -0.2) is 31.5 Å². The average Bonchev–Trinajstić information content (AvgIpc) is 2.25. The van der Waals surface area contributed by atoms with Gasteiger partial charge in [-0.3, -0.25) is 4.79 Å². The van der Waals surface area contributed by atoms with E-state index in [1.807, 2.05) is 31.1 Å². The molecule has 0 unspecified atom stereocenters. The van der Waals surface area contributed by atoms with Crippen molar-refractivity contribution in [2.24, 2.45) is 0 Å². The fraction of sp³-hybridized carbons (Fsp3) is 0.333. The zero-order valence-electron chi connectivity index (χ0n) is 9.74. The second-order valence-electron chi connectivity index (χ2n) is 3.51. The minimum atomic E-state index is -0.0737. The fourth-order valence-corrected chi connectivity index (χ4v) is 1.04. The first-order valence-electron chi connectivity index (χ1n) is 4.96. The molecule has 1 N–H and O–H groups in total. The van der Waals surface area contributed by atoms with Crippen molar-refractivity contribution >= 4 is 11.7 Å². The topological polar surface area (TPSA) is 45.2 Å². The quantitative estimate of drug-likeness (QED) is 0.739. The standard InChI is InChI=1S/C12H15N3O/c1-10(16)13-8-4-5-11-6-7-12(14-9-11)15(2)3/h6-7,9H,8H2,1-3H3,(H,13,16). The first-order valence-corrected chi connectivity index (χ1v) is 4.96. The summed E-state index contributed by atoms with van der Waals surface area (Å²) >= 11 is 0. The van der Waals surface area contributed by atoms with E-state index in [4.69, 9.17) is 0 Å². The highest BCUT2D eigenvalue weighted by Gasteiger charge is 1.94. The van der Waals surface area contributed by atoms with Crippen molar-refractivity contribution in [3.05, 3.63) is 23.9 Å². The fourth-order valence-electron chi connectivity index (χ4n) is 1.04. The number of rotatable bonds is 2. The van der Waals surface area contributed by atoms with Crippen LogP contribution in [0, 0.1) is 11.8 Å². The van der Waals surface area contributed by atoms with Gasteiger partial charge in [-0.2, -0.15) is 0 Å². The molecule has 16 heavy (non-hydrogen) atoms. The molecule has 0 aliphatic carbocycles. The van der Waals surface area contributed by atoms with E-state index < -0.39 is 0 Å². The molecule has 0 radical (unpaired) electrons. The third-order valence-electron chi connectivity index (χ3n) is 1.86. The molecular weight excluding hydrogens is 202 g/mol. The number of hydrogen-bond acceptors (Lipinski definition) is 3. The number of nitrogens with zero attached hydrogens (tertiary/aromatic N) is 2. The van der Waals surface area contributed by atoms with Crippen LogP contribution in [0.5, 0.6) is 0 Å². The minimum absolute atomic E-state index is 0.0737. The lowest BCUT2D eigenvalue weighted by Crippen LogP contribution is -2.19. The first kappa shape index (κ1) is 12.1. The highest BCUT2D eigenvalue weighted by molar-refractivity contribution is 5.73. The van der Waals surface area contributed by atoms with Gasteiger partial charge in [0.25, 0.3) is 0 Å². The van der Waals surface area contributed by atoms with Crippen LogP contribution in [0.4, 0.5) is 5.82 Å². The van der Waals surface area contributed by atoms with Gasteiger partial charge in [-0.15, -0.1) is 0 Å². The van der Waals surface area contributed by atoms with E-state index in [0.717, 1.165) is 11.4 Å². The summed E-state index contributed by atoms with van der Waals surface area (Å²) < 4.78 is 0. The average molecular weight is 217 g/mol. The molecule has 0 spiro atoms. The normalized spacial score (nSPS) is 8.94. The van der Waals surface area contributed by atoms with Gasteiger partial charge in [-0.25, -0.2) is 4.98 Å². The van der Waals surface area contributed by atoms with Crippen molar-refractivity contribution in [2.75, 3.05) is 25.5 Å². The van der Waals surface area contributed by atoms with Gasteiger partial charge in [0.1, 0.15) is 5.82 Å². The van der Waals surface area contributed by atoms with Crippen LogP contribution in [0.1, 0.15) is 12.5 Å². The summed E-state index contributed by atoms with van der Waals surface area (Å²) in [7, 11) is 3.87. The Morgan fingerprint density at radius 1 is 1.50 bits per heavy atom. The molecule has 0 atom stereocenters. The molecular formula is C12H15N3O. The van der Waals surface area contributed by atoms with E-state index in [0.29, 0.717) is 6.54 Å². The summed E-state index contributed by atoms with van der Waals surface area (Å²) in [5.41, 5.74) is 0.843. The van der Waals surface area contributed by atoms with Crippen LogP contribution in [-0.2, 0) is 4.79 Å². The minimum Gasteiger partial charge on any atom is -0.363 e. The Balaban J connectivity index is 2.58. The van der Waals surface area contributed by atoms with Crippen LogP contribution in [0.25, 0.3) is 0 Å². The van der Waals surface area contributed by atoms with E-state index in [1.54, 1.807) is 6.20 Å². The molecule has 1 aromatic rings. The Labute approximate surface area is 95.7 Å². The Hall–Kier alpha value is -2.02. The summed E-state index contributed by atoms with van der Waals surface area (Å²) in [6.07, 6.45) is 1.72. The maximum Gasteiger partial charge on any atom is 0.217 e. The summed E-state index contributed by atoms with van der Waals surface area (Å²) in [5.74, 6) is 6.59. The SMILES string of the molecule is CC(=O)NCC#Cc1ccc(N(C)C)nc1. The monoisotopic (exact) mass is 217 g/mol. The van der Waals surface area contributed by atoms with Crippen LogP contribution in [0.2, 0.25) is 0 Å². The first-order chi connectivity index (χ1) is 7.59. The largest absolute Gasteiger partial charge is 0.363 e. The van der Waals surface area contributed by atoms with Gasteiger partial charge < -0.3 is 10.2 Å². The second-order valence-corrected chi connectivity index (χ2v) is 3.51. The lowest BCUT2D eigenvalue weighted by Gasteiger charge is -2.09. The molecule has 0 aliphatic rings. The number of hydrogen-bond donors (Lipinski definition) is 1. The number of amides is 1. The lowest BCUT2D eigenvalue weighted by atomic mass is 10.3. The smallest absolute Gasteiger partial charge is 0.217 e. The van der Waals surface area contributed by atoms with Crippen molar-refractivity contribution < 1.29 is 4.79 Å². The third-order valence-corrected chi connectivity index (χ3v) is 1.86. The van der Waals surface area contributed by atoms with Gasteiger partial charge in [-0.05, 0) is 12.1 Å². The van der Waals surface area contributed by atoms with Crippen molar-refractivity contribution in [3.8, 4) is 11.8 Å². The number of anilines is 1. The van der Waals surface area contributed by atoms with Crippen LogP contribution >= 0.6 is 0 Å². The zero-order chi connectivity index (χ0) is 12.0. The van der Waals surface area contributed by atoms with Gasteiger partial charge in [0.15, 0.2) is 0 Å². The lowest BCUT2D eigenvalue weighted by molar-refractivity contribution is -0.118. The van der Waals surface area contributed by atoms with E-state index >= 15 is 0 Å². The van der Waals surface area contributed by atoms with E-state index in [2.05, 4.69) is 22.1 Å². The summed E-state index contributed by atoms with van der Waals surface area (Å²) in [5, 5.41) is 2.60. The molecule has 0 saturated heterocycles. The van der Waals surface area contributed by atoms with Crippen molar-refractivity contribution in [2.45, 2.75) is 6.92 Å². The van der Waals surface area contributed by atoms with Gasteiger partial charge in [0.05, 0.1) is 6.54 Å². The van der Waals surface area contributed by atoms with Gasteiger partial charge in [0, 0.05) is 32.8 Å². The van der Waals surface area contributed by atoms with Gasteiger partial charge in [-0.1, -0.05) is 11.8 Å². The highest BCUT2D eigenvalue weighted by Crippen LogP contribution is 2.06. The molecule has 4 nitrogen and oxygen atoms in total. The Kier molecular flexibility index (Phi) is 4.34. The summed E-state index contributed by atoms with van der Waals surface area (Å²) in [6.45, 7) is 1.83. The molecule has 0 aliphatic heterocycles. The molecule has 0 fully saturated rings. The molecule has 1 amide bonds. The molecule has 4 heteroatoms. The van der Waals surface area contributed by atoms with E-state index in [9.17, 15) is 4.79 Å². The maximum atomic E-state index is 10.6. The number of carbonyl (C=O) groups excluding carboxylic acids is 1. The van der Waals surface area contributed by atoms with Crippen LogP contribution in [0.3, 0.4) is 0 Å². The Morgan fingerprint density at radius 2 is 2.25 bits per heavy atom. The Bertz CT molecular complexity index is 412. The molecule has 84 valence electrons. The highest BCUT2D eigenvalue weighted by atomic mass is 16.1. The summed E-state index contributed by atoms with van der Waals surface area (Å²) in [4.78, 5) is 16.7. The van der Waals surface area contributed by atoms with Gasteiger partial charge >= 0.3 is 0 Å². The molecule has 1 aromatic heterocycles. The molecule has 0 saturated carbocycles. The summed E-state index contributed by atoms with van der Waals surface area (Å²) in [6, 6.07) is 3.81. The van der Waals surface area contributed by atoms with Gasteiger partial charge in [0.2, 0.25) is 5.91 Å². The number of nitrogens with one attached hydrogen (secondary N) is 1. The predicted molar refractivity (Wildman–Crippen MR) is 64.1 cm³/mol. The zero-order valence-corrected chi connectivity index (χ0v) is 9.74. The number of aromatic nitrogens is 1. The predicted octanol–water partition coefficient (Wildman–Crippen LogP) is 0.635. The molecule has 1 heterocycles. The van der Waals surface area contributed by atoms with Crippen molar-refractivity contribution in [1.29, 1.82) is 0 Å². The third kappa shape index (κ3) is 4.01. The number of carbonyl (C=O) groups is 1. The van der Waals surface area contributed by atoms with E-state index in [1.165, 1.54) is 6.92 Å². The molecule has 0 bridgehead atoms. The van der Waals surface area contributed by atoms with Crippen LogP contribution < -0.4 is 10.2 Å². The van der Waals surface area contributed by atoms with Crippen molar-refractivity contribution in [3.63, 3.8) is 0 Å². The van der Waals surface area contributed by atoms with Crippen molar-refractivity contribution in [1.82, 2.24) is 10.3 Å². The molecule has 0 aromatic carbocycles. The molecule has 1 rings (SSSR count). The van der Waals surface area contributed by atoms with E-state index in [-0.39, 0.29) is 5.91 Å².